The van der Waals surface area contributed by atoms with Gasteiger partial charge in [0.2, 0.25) is 5.76 Å². The van der Waals surface area contributed by atoms with Crippen LogP contribution in [-0.4, -0.2) is 21.0 Å². The quantitative estimate of drug-likeness (QED) is 0.552. The number of hydrogen-bond donors (Lipinski definition) is 2. The van der Waals surface area contributed by atoms with Crippen molar-refractivity contribution in [2.24, 2.45) is 0 Å². The predicted octanol–water partition coefficient (Wildman–Crippen LogP) is 4.74. The highest BCUT2D eigenvalue weighted by molar-refractivity contribution is 6.03. The van der Waals surface area contributed by atoms with E-state index < -0.39 is 0 Å². The minimum Gasteiger partial charge on any atom is -0.350 e. The first-order valence-electron chi connectivity index (χ1n) is 9.09. The largest absolute Gasteiger partial charge is 0.350 e. The van der Waals surface area contributed by atoms with Gasteiger partial charge >= 0.3 is 0 Å². The third-order valence-corrected chi connectivity index (χ3v) is 5.05. The Hall–Kier alpha value is -3.41. The van der Waals surface area contributed by atoms with Crippen molar-refractivity contribution in [3.63, 3.8) is 0 Å². The number of rotatable bonds is 4. The van der Waals surface area contributed by atoms with Crippen LogP contribution in [0.4, 0.5) is 5.69 Å². The zero-order chi connectivity index (χ0) is 18.2. The summed E-state index contributed by atoms with van der Waals surface area (Å²) in [5, 5.41) is 6.85. The molecule has 134 valence electrons. The number of aromatic nitrogens is 3. The second-order valence-corrected chi connectivity index (χ2v) is 6.88. The van der Waals surface area contributed by atoms with Crippen LogP contribution < -0.4 is 5.32 Å². The Balaban J connectivity index is 1.35. The Morgan fingerprint density at radius 1 is 1.11 bits per heavy atom. The first kappa shape index (κ1) is 15.8. The maximum absolute atomic E-state index is 12.5. The van der Waals surface area contributed by atoms with Crippen molar-refractivity contribution in [3.05, 3.63) is 66.2 Å². The van der Waals surface area contributed by atoms with Crippen LogP contribution in [0.15, 0.2) is 59.1 Å². The Morgan fingerprint density at radius 3 is 2.74 bits per heavy atom. The summed E-state index contributed by atoms with van der Waals surface area (Å²) in [7, 11) is 0. The number of anilines is 1. The van der Waals surface area contributed by atoms with Crippen molar-refractivity contribution in [3.8, 4) is 11.3 Å². The number of hydrogen-bond acceptors (Lipinski definition) is 4. The molecular weight excluding hydrogens is 340 g/mol. The van der Waals surface area contributed by atoms with Crippen molar-refractivity contribution in [2.75, 3.05) is 5.32 Å². The van der Waals surface area contributed by atoms with E-state index in [1.165, 1.54) is 19.3 Å². The van der Waals surface area contributed by atoms with Crippen molar-refractivity contribution in [1.82, 2.24) is 15.1 Å². The fourth-order valence-electron chi connectivity index (χ4n) is 3.30. The maximum Gasteiger partial charge on any atom is 0.294 e. The normalized spacial score (nSPS) is 14.2. The van der Waals surface area contributed by atoms with Gasteiger partial charge in [0.05, 0.1) is 11.0 Å². The van der Waals surface area contributed by atoms with Crippen molar-refractivity contribution < 1.29 is 9.32 Å². The van der Waals surface area contributed by atoms with E-state index in [1.54, 1.807) is 6.07 Å². The highest BCUT2D eigenvalue weighted by atomic mass is 16.5. The average Bonchev–Trinajstić information content (AvgIpc) is 3.27. The van der Waals surface area contributed by atoms with Crippen LogP contribution in [0.2, 0.25) is 0 Å². The molecule has 0 unspecified atom stereocenters. The second-order valence-electron chi connectivity index (χ2n) is 6.88. The minimum absolute atomic E-state index is 0.175. The van der Waals surface area contributed by atoms with Gasteiger partial charge in [-0.25, -0.2) is 4.98 Å². The topological polar surface area (TPSA) is 83.8 Å². The van der Waals surface area contributed by atoms with Crippen LogP contribution in [0.3, 0.4) is 0 Å². The molecule has 6 nitrogen and oxygen atoms in total. The van der Waals surface area contributed by atoms with E-state index in [0.717, 1.165) is 22.4 Å². The van der Waals surface area contributed by atoms with Crippen LogP contribution >= 0.6 is 0 Å². The summed E-state index contributed by atoms with van der Waals surface area (Å²) in [5.74, 6) is 1.43. The van der Waals surface area contributed by atoms with Crippen LogP contribution in [0, 0.1) is 0 Å². The number of aromatic amines is 1. The van der Waals surface area contributed by atoms with E-state index in [0.29, 0.717) is 17.3 Å². The molecule has 2 N–H and O–H groups in total. The molecule has 0 bridgehead atoms. The molecular formula is C21H18N4O2. The van der Waals surface area contributed by atoms with Crippen LogP contribution in [0.1, 0.15) is 41.6 Å². The third kappa shape index (κ3) is 2.99. The number of nitrogens with one attached hydrogen (secondary N) is 2. The molecule has 2 aromatic heterocycles. The van der Waals surface area contributed by atoms with Gasteiger partial charge in [-0.1, -0.05) is 41.9 Å². The van der Waals surface area contributed by atoms with E-state index in [9.17, 15) is 4.79 Å². The molecule has 0 atom stereocenters. The molecule has 6 heteroatoms. The van der Waals surface area contributed by atoms with Crippen LogP contribution in [0.5, 0.6) is 0 Å². The smallest absolute Gasteiger partial charge is 0.294 e. The number of fused-ring (bicyclic) bond motifs is 1. The molecule has 1 aliphatic carbocycles. The van der Waals surface area contributed by atoms with E-state index in [-0.39, 0.29) is 11.7 Å². The van der Waals surface area contributed by atoms with Crippen molar-refractivity contribution in [2.45, 2.75) is 25.2 Å². The fraction of sp³-hybridized carbons (Fsp3) is 0.190. The maximum atomic E-state index is 12.5. The Morgan fingerprint density at radius 2 is 1.96 bits per heavy atom. The highest BCUT2D eigenvalue weighted by Gasteiger charge is 2.22. The number of H-pyrrole nitrogens is 1. The second kappa shape index (κ2) is 6.39. The molecule has 0 aliphatic heterocycles. The lowest BCUT2D eigenvalue weighted by Gasteiger charge is -2.22. The van der Waals surface area contributed by atoms with Crippen molar-refractivity contribution in [1.29, 1.82) is 0 Å². The monoisotopic (exact) mass is 358 g/mol. The number of amides is 1. The van der Waals surface area contributed by atoms with Gasteiger partial charge in [-0.2, -0.15) is 0 Å². The van der Waals surface area contributed by atoms with Gasteiger partial charge in [0, 0.05) is 23.2 Å². The Labute approximate surface area is 155 Å². The SMILES string of the molecule is O=C(Nc1ccc2nc(C3CCC3)[nH]c2c1)c1cc(-c2ccccc2)no1. The summed E-state index contributed by atoms with van der Waals surface area (Å²) in [6.45, 7) is 0. The molecule has 0 radical (unpaired) electrons. The molecule has 1 amide bonds. The number of carbonyl (C=O) groups is 1. The summed E-state index contributed by atoms with van der Waals surface area (Å²) < 4.78 is 5.22. The van der Waals surface area contributed by atoms with E-state index >= 15 is 0 Å². The summed E-state index contributed by atoms with van der Waals surface area (Å²) in [6, 6.07) is 16.9. The van der Waals surface area contributed by atoms with Crippen molar-refractivity contribution >= 4 is 22.6 Å². The fourth-order valence-corrected chi connectivity index (χ4v) is 3.30. The van der Waals surface area contributed by atoms with Crippen LogP contribution in [0.25, 0.3) is 22.3 Å². The first-order chi connectivity index (χ1) is 13.3. The van der Waals surface area contributed by atoms with E-state index in [2.05, 4.69) is 20.4 Å². The van der Waals surface area contributed by atoms with Gasteiger partial charge in [-0.05, 0) is 31.0 Å². The van der Waals surface area contributed by atoms with Gasteiger partial charge in [0.25, 0.3) is 5.91 Å². The molecule has 5 rings (SSSR count). The lowest BCUT2D eigenvalue weighted by atomic mass is 9.85. The number of carbonyl (C=O) groups excluding carboxylic acids is 1. The first-order valence-corrected chi connectivity index (χ1v) is 9.09. The molecule has 1 saturated carbocycles. The molecule has 2 heterocycles. The molecule has 0 saturated heterocycles. The lowest BCUT2D eigenvalue weighted by molar-refractivity contribution is 0.0988. The van der Waals surface area contributed by atoms with Gasteiger partial charge in [0.15, 0.2) is 0 Å². The zero-order valence-electron chi connectivity index (χ0n) is 14.6. The zero-order valence-corrected chi connectivity index (χ0v) is 14.6. The molecule has 1 fully saturated rings. The van der Waals surface area contributed by atoms with Crippen LogP contribution in [-0.2, 0) is 0 Å². The summed E-state index contributed by atoms with van der Waals surface area (Å²) >= 11 is 0. The number of benzene rings is 2. The van der Waals surface area contributed by atoms with Gasteiger partial charge < -0.3 is 14.8 Å². The van der Waals surface area contributed by atoms with Gasteiger partial charge in [-0.3, -0.25) is 4.79 Å². The average molecular weight is 358 g/mol. The summed E-state index contributed by atoms with van der Waals surface area (Å²) in [4.78, 5) is 20.5. The highest BCUT2D eigenvalue weighted by Crippen LogP contribution is 2.35. The standard InChI is InChI=1S/C21H18N4O2/c26-21(19-12-17(25-27-19)13-5-2-1-3-6-13)22-15-9-10-16-18(11-15)24-20(23-16)14-7-4-8-14/h1-3,5-6,9-12,14H,4,7-8H2,(H,22,26)(H,23,24). The number of imidazole rings is 1. The lowest BCUT2D eigenvalue weighted by Crippen LogP contribution is -2.10. The molecule has 2 aromatic carbocycles. The molecule has 27 heavy (non-hydrogen) atoms. The Bertz CT molecular complexity index is 1110. The van der Waals surface area contributed by atoms with Gasteiger partial charge in [0.1, 0.15) is 11.5 Å². The molecule has 4 aromatic rings. The number of nitrogens with zero attached hydrogens (tertiary/aromatic N) is 2. The molecule has 0 spiro atoms. The Kier molecular flexibility index (Phi) is 3.74. The minimum atomic E-state index is -0.331. The summed E-state index contributed by atoms with van der Waals surface area (Å²) in [6.07, 6.45) is 3.66. The van der Waals surface area contributed by atoms with Gasteiger partial charge in [-0.15, -0.1) is 0 Å². The predicted molar refractivity (Wildman–Crippen MR) is 103 cm³/mol. The molecule has 1 aliphatic rings. The summed E-state index contributed by atoms with van der Waals surface area (Å²) in [5.41, 5.74) is 4.07. The van der Waals surface area contributed by atoms with E-state index in [1.807, 2.05) is 48.5 Å². The van der Waals surface area contributed by atoms with E-state index in [4.69, 9.17) is 4.52 Å². The third-order valence-electron chi connectivity index (χ3n) is 5.05.